The lowest BCUT2D eigenvalue weighted by Crippen LogP contribution is -2.58. The third kappa shape index (κ3) is 3.23. The molecule has 4 heterocycles. The molecule has 0 unspecified atom stereocenters. The third-order valence-corrected chi connectivity index (χ3v) is 5.46. The van der Waals surface area contributed by atoms with Gasteiger partial charge in [-0.2, -0.15) is 0 Å². The van der Waals surface area contributed by atoms with Crippen LogP contribution in [-0.2, 0) is 4.79 Å². The fourth-order valence-electron chi connectivity index (χ4n) is 4.01. The van der Waals surface area contributed by atoms with E-state index in [-0.39, 0.29) is 12.1 Å². The van der Waals surface area contributed by atoms with Crippen molar-refractivity contribution in [2.24, 2.45) is 0 Å². The zero-order valence-electron chi connectivity index (χ0n) is 15.5. The standard InChI is InChI=1S/C19H26N6O/c1-14(2)25-9-3-4-16(19(25)26)23-10-12-24(13-11-23)17-6-5-15-18(22-17)21-8-7-20-15/h5-8,14,16H,3-4,9-13H2,1-2H3/t16-/m1/s1. The molecule has 2 aromatic heterocycles. The Bertz CT molecular complexity index is 786. The van der Waals surface area contributed by atoms with Crippen LogP contribution >= 0.6 is 0 Å². The number of carbonyl (C=O) groups is 1. The van der Waals surface area contributed by atoms with E-state index in [9.17, 15) is 4.79 Å². The minimum Gasteiger partial charge on any atom is -0.354 e. The minimum absolute atomic E-state index is 0.0451. The van der Waals surface area contributed by atoms with Crippen LogP contribution in [0.4, 0.5) is 5.82 Å². The normalized spacial score (nSPS) is 22.4. The van der Waals surface area contributed by atoms with Crippen molar-refractivity contribution in [1.29, 1.82) is 0 Å². The van der Waals surface area contributed by atoms with Crippen LogP contribution in [0.3, 0.4) is 0 Å². The number of amides is 1. The summed E-state index contributed by atoms with van der Waals surface area (Å²) in [4.78, 5) is 32.7. The predicted octanol–water partition coefficient (Wildman–Crippen LogP) is 1.55. The summed E-state index contributed by atoms with van der Waals surface area (Å²) in [5, 5.41) is 0. The first-order chi connectivity index (χ1) is 12.6. The Morgan fingerprint density at radius 2 is 1.81 bits per heavy atom. The molecule has 0 saturated carbocycles. The zero-order valence-corrected chi connectivity index (χ0v) is 15.5. The highest BCUT2D eigenvalue weighted by molar-refractivity contribution is 5.83. The van der Waals surface area contributed by atoms with Gasteiger partial charge in [0, 0.05) is 51.2 Å². The maximum atomic E-state index is 12.8. The molecule has 0 N–H and O–H groups in total. The number of hydrogen-bond donors (Lipinski definition) is 0. The largest absolute Gasteiger partial charge is 0.354 e. The molecule has 0 spiro atoms. The molecule has 7 nitrogen and oxygen atoms in total. The summed E-state index contributed by atoms with van der Waals surface area (Å²) in [5.41, 5.74) is 1.50. The number of piperazine rings is 1. The molecule has 0 aliphatic carbocycles. The van der Waals surface area contributed by atoms with Crippen LogP contribution in [0, 0.1) is 0 Å². The number of rotatable bonds is 3. The molecule has 7 heteroatoms. The Kier molecular flexibility index (Phi) is 4.72. The predicted molar refractivity (Wildman–Crippen MR) is 101 cm³/mol. The quantitative estimate of drug-likeness (QED) is 0.833. The number of anilines is 1. The van der Waals surface area contributed by atoms with Crippen LogP contribution < -0.4 is 4.90 Å². The molecule has 0 bridgehead atoms. The van der Waals surface area contributed by atoms with E-state index in [1.807, 2.05) is 17.0 Å². The van der Waals surface area contributed by atoms with Crippen LogP contribution in [-0.4, -0.2) is 75.5 Å². The molecule has 1 atom stereocenters. The van der Waals surface area contributed by atoms with Gasteiger partial charge in [0.05, 0.1) is 6.04 Å². The van der Waals surface area contributed by atoms with E-state index in [1.54, 1.807) is 12.4 Å². The van der Waals surface area contributed by atoms with Crippen molar-refractivity contribution in [3.05, 3.63) is 24.5 Å². The fourth-order valence-corrected chi connectivity index (χ4v) is 4.01. The van der Waals surface area contributed by atoms with Gasteiger partial charge in [0.1, 0.15) is 11.3 Å². The Balaban J connectivity index is 1.42. The van der Waals surface area contributed by atoms with Gasteiger partial charge in [0.15, 0.2) is 5.65 Å². The highest BCUT2D eigenvalue weighted by Crippen LogP contribution is 2.22. The second-order valence-electron chi connectivity index (χ2n) is 7.37. The molecule has 2 aliphatic rings. The summed E-state index contributed by atoms with van der Waals surface area (Å²) in [5.74, 6) is 1.25. The second kappa shape index (κ2) is 7.15. The first-order valence-corrected chi connectivity index (χ1v) is 9.51. The highest BCUT2D eigenvalue weighted by atomic mass is 16.2. The molecular weight excluding hydrogens is 328 g/mol. The van der Waals surface area contributed by atoms with E-state index in [2.05, 4.69) is 38.6 Å². The van der Waals surface area contributed by atoms with E-state index >= 15 is 0 Å². The van der Waals surface area contributed by atoms with Crippen molar-refractivity contribution >= 4 is 22.9 Å². The van der Waals surface area contributed by atoms with E-state index in [0.29, 0.717) is 11.6 Å². The third-order valence-electron chi connectivity index (χ3n) is 5.46. The summed E-state index contributed by atoms with van der Waals surface area (Å²) < 4.78 is 0. The summed E-state index contributed by atoms with van der Waals surface area (Å²) in [6.07, 6.45) is 5.43. The lowest BCUT2D eigenvalue weighted by molar-refractivity contribution is -0.142. The number of pyridine rings is 1. The molecule has 2 saturated heterocycles. The topological polar surface area (TPSA) is 65.5 Å². The maximum Gasteiger partial charge on any atom is 0.240 e. The van der Waals surface area contributed by atoms with Crippen LogP contribution in [0.5, 0.6) is 0 Å². The summed E-state index contributed by atoms with van der Waals surface area (Å²) in [6.45, 7) is 8.65. The molecule has 4 rings (SSSR count). The number of hydrogen-bond acceptors (Lipinski definition) is 6. The SMILES string of the molecule is CC(C)N1CCC[C@@H](N2CCN(c3ccc4nccnc4n3)CC2)C1=O. The molecule has 138 valence electrons. The Hall–Kier alpha value is -2.28. The molecule has 1 amide bonds. The number of likely N-dealkylation sites (tertiary alicyclic amines) is 1. The van der Waals surface area contributed by atoms with Crippen LogP contribution in [0.15, 0.2) is 24.5 Å². The number of piperidine rings is 1. The maximum absolute atomic E-state index is 12.8. The van der Waals surface area contributed by atoms with Gasteiger partial charge in [-0.1, -0.05) is 0 Å². The van der Waals surface area contributed by atoms with Gasteiger partial charge >= 0.3 is 0 Å². The molecule has 2 aliphatic heterocycles. The summed E-state index contributed by atoms with van der Waals surface area (Å²) >= 11 is 0. The van der Waals surface area contributed by atoms with Crippen molar-refractivity contribution in [2.75, 3.05) is 37.6 Å². The molecule has 26 heavy (non-hydrogen) atoms. The number of aromatic nitrogens is 3. The molecule has 2 fully saturated rings. The summed E-state index contributed by atoms with van der Waals surface area (Å²) in [6, 6.07) is 4.32. The Morgan fingerprint density at radius 1 is 1.04 bits per heavy atom. The van der Waals surface area contributed by atoms with Crippen molar-refractivity contribution < 1.29 is 4.79 Å². The molecule has 0 aromatic carbocycles. The second-order valence-corrected chi connectivity index (χ2v) is 7.37. The van der Waals surface area contributed by atoms with Crippen molar-refractivity contribution in [3.8, 4) is 0 Å². The van der Waals surface area contributed by atoms with Gasteiger partial charge in [0.25, 0.3) is 0 Å². The first-order valence-electron chi connectivity index (χ1n) is 9.51. The monoisotopic (exact) mass is 354 g/mol. The molecular formula is C19H26N6O. The minimum atomic E-state index is 0.0451. The molecule has 0 radical (unpaired) electrons. The van der Waals surface area contributed by atoms with Crippen molar-refractivity contribution in [3.63, 3.8) is 0 Å². The van der Waals surface area contributed by atoms with Gasteiger partial charge in [0.2, 0.25) is 5.91 Å². The summed E-state index contributed by atoms with van der Waals surface area (Å²) in [7, 11) is 0. The fraction of sp³-hybridized carbons (Fsp3) is 0.579. The first kappa shape index (κ1) is 17.1. The molecule has 2 aromatic rings. The van der Waals surface area contributed by atoms with Crippen LogP contribution in [0.2, 0.25) is 0 Å². The average molecular weight is 354 g/mol. The van der Waals surface area contributed by atoms with Gasteiger partial charge in [-0.05, 0) is 38.8 Å². The highest BCUT2D eigenvalue weighted by Gasteiger charge is 2.35. The smallest absolute Gasteiger partial charge is 0.240 e. The number of carbonyl (C=O) groups excluding carboxylic acids is 1. The van der Waals surface area contributed by atoms with E-state index < -0.39 is 0 Å². The number of fused-ring (bicyclic) bond motifs is 1. The average Bonchev–Trinajstić information content (AvgIpc) is 2.68. The van der Waals surface area contributed by atoms with Gasteiger partial charge in [-0.25, -0.2) is 9.97 Å². The van der Waals surface area contributed by atoms with Crippen LogP contribution in [0.1, 0.15) is 26.7 Å². The number of nitrogens with zero attached hydrogens (tertiary/aromatic N) is 6. The lowest BCUT2D eigenvalue weighted by atomic mass is 10.0. The van der Waals surface area contributed by atoms with Crippen molar-refractivity contribution in [2.45, 2.75) is 38.8 Å². The Morgan fingerprint density at radius 3 is 2.58 bits per heavy atom. The van der Waals surface area contributed by atoms with Gasteiger partial charge < -0.3 is 9.80 Å². The van der Waals surface area contributed by atoms with E-state index in [0.717, 1.165) is 56.9 Å². The van der Waals surface area contributed by atoms with Crippen molar-refractivity contribution in [1.82, 2.24) is 24.8 Å². The van der Waals surface area contributed by atoms with Gasteiger partial charge in [-0.15, -0.1) is 0 Å². The van der Waals surface area contributed by atoms with Gasteiger partial charge in [-0.3, -0.25) is 14.7 Å². The van der Waals surface area contributed by atoms with Crippen LogP contribution in [0.25, 0.3) is 11.2 Å². The zero-order chi connectivity index (χ0) is 18.1. The lowest BCUT2D eigenvalue weighted by Gasteiger charge is -2.43. The Labute approximate surface area is 154 Å². The van der Waals surface area contributed by atoms with E-state index in [1.165, 1.54) is 0 Å². The van der Waals surface area contributed by atoms with E-state index in [4.69, 9.17) is 0 Å².